The van der Waals surface area contributed by atoms with Gasteiger partial charge in [-0.2, -0.15) is 0 Å². The summed E-state index contributed by atoms with van der Waals surface area (Å²) in [5.74, 6) is -0.979. The minimum Gasteiger partial charge on any atom is -0.462 e. The monoisotopic (exact) mass is 1090 g/mol. The second kappa shape index (κ2) is 65.5. The highest BCUT2D eigenvalue weighted by atomic mass is 16.6. The first kappa shape index (κ1) is 74.0. The van der Waals surface area contributed by atoms with Crippen LogP contribution in [0.4, 0.5) is 0 Å². The molecule has 0 aliphatic carbocycles. The van der Waals surface area contributed by atoms with Crippen molar-refractivity contribution in [3.05, 3.63) is 158 Å². The Kier molecular flexibility index (Phi) is 61.4. The maximum absolute atomic E-state index is 12.9. The third-order valence-corrected chi connectivity index (χ3v) is 13.0. The molecule has 0 rings (SSSR count). The van der Waals surface area contributed by atoms with E-state index in [2.05, 4.69) is 179 Å². The molecule has 0 aromatic carbocycles. The molecule has 1 unspecified atom stereocenters. The van der Waals surface area contributed by atoms with Crippen molar-refractivity contribution in [3.63, 3.8) is 0 Å². The summed E-state index contributed by atoms with van der Waals surface area (Å²) in [6, 6.07) is 0. The average molecular weight is 1090 g/mol. The molecule has 0 aliphatic heterocycles. The predicted molar refractivity (Wildman–Crippen MR) is 343 cm³/mol. The van der Waals surface area contributed by atoms with Gasteiger partial charge >= 0.3 is 17.9 Å². The molecule has 444 valence electrons. The molecule has 0 N–H and O–H groups in total. The summed E-state index contributed by atoms with van der Waals surface area (Å²) in [6.07, 6.45) is 95.2. The molecule has 6 nitrogen and oxygen atoms in total. The lowest BCUT2D eigenvalue weighted by Crippen LogP contribution is -2.30. The number of unbranched alkanes of at least 4 members (excludes halogenated alkanes) is 19. The molecule has 0 aromatic heterocycles. The Morgan fingerprint density at radius 2 is 0.494 bits per heavy atom. The second-order valence-electron chi connectivity index (χ2n) is 20.5. The van der Waals surface area contributed by atoms with Gasteiger partial charge in [-0.05, 0) is 148 Å². The molecule has 0 saturated carbocycles. The summed E-state index contributed by atoms with van der Waals surface area (Å²) in [7, 11) is 0. The van der Waals surface area contributed by atoms with Gasteiger partial charge in [0.1, 0.15) is 13.2 Å². The summed E-state index contributed by atoms with van der Waals surface area (Å²) in [4.78, 5) is 38.4. The summed E-state index contributed by atoms with van der Waals surface area (Å²) in [5.41, 5.74) is 0. The number of hydrogen-bond donors (Lipinski definition) is 0. The van der Waals surface area contributed by atoms with Crippen molar-refractivity contribution >= 4 is 17.9 Å². The maximum Gasteiger partial charge on any atom is 0.306 e. The first-order valence-electron chi connectivity index (χ1n) is 32.0. The van der Waals surface area contributed by atoms with Crippen molar-refractivity contribution < 1.29 is 28.6 Å². The fourth-order valence-electron chi connectivity index (χ4n) is 8.27. The summed E-state index contributed by atoms with van der Waals surface area (Å²) in [5, 5.41) is 0. The second-order valence-corrected chi connectivity index (χ2v) is 20.5. The van der Waals surface area contributed by atoms with Crippen LogP contribution in [0.15, 0.2) is 158 Å². The minimum atomic E-state index is -0.818. The third-order valence-electron chi connectivity index (χ3n) is 13.0. The van der Waals surface area contributed by atoms with Gasteiger partial charge in [-0.15, -0.1) is 0 Å². The fourth-order valence-corrected chi connectivity index (χ4v) is 8.27. The number of allylic oxidation sites excluding steroid dienone is 26. The molecule has 0 radical (unpaired) electrons. The molecule has 0 heterocycles. The van der Waals surface area contributed by atoms with E-state index in [1.54, 1.807) is 0 Å². The summed E-state index contributed by atoms with van der Waals surface area (Å²) < 4.78 is 16.9. The van der Waals surface area contributed by atoms with Crippen molar-refractivity contribution in [3.8, 4) is 0 Å². The van der Waals surface area contributed by atoms with Gasteiger partial charge in [-0.25, -0.2) is 0 Å². The normalized spacial score (nSPS) is 13.2. The van der Waals surface area contributed by atoms with Crippen LogP contribution in [0.1, 0.15) is 265 Å². The SMILES string of the molecule is CC/C=C\C/C=C\C/C=C\C/C=C\C/C=C\C/C=C\CCCCC(=O)OCC(COC(=O)CCCCCCCCCCC/C=C\C/C=C\CCCCC)OC(=O)CCCCCCC/C=C\C/C=C\C/C=C\C/C=C\C/C=C\CC. The van der Waals surface area contributed by atoms with Crippen molar-refractivity contribution in [2.75, 3.05) is 13.2 Å². The van der Waals surface area contributed by atoms with Crippen LogP contribution in [0, 0.1) is 0 Å². The van der Waals surface area contributed by atoms with Gasteiger partial charge in [0.15, 0.2) is 6.10 Å². The van der Waals surface area contributed by atoms with Gasteiger partial charge in [-0.1, -0.05) is 256 Å². The molecule has 0 amide bonds. The van der Waals surface area contributed by atoms with Crippen molar-refractivity contribution in [1.29, 1.82) is 0 Å². The number of esters is 3. The lowest BCUT2D eigenvalue weighted by atomic mass is 10.1. The van der Waals surface area contributed by atoms with Crippen LogP contribution in [0.5, 0.6) is 0 Å². The predicted octanol–water partition coefficient (Wildman–Crippen LogP) is 22.1. The Morgan fingerprint density at radius 3 is 0.797 bits per heavy atom. The van der Waals surface area contributed by atoms with Crippen molar-refractivity contribution in [1.82, 2.24) is 0 Å². The van der Waals surface area contributed by atoms with Gasteiger partial charge in [0.25, 0.3) is 0 Å². The highest BCUT2D eigenvalue weighted by Gasteiger charge is 2.19. The van der Waals surface area contributed by atoms with Crippen LogP contribution < -0.4 is 0 Å². The molecule has 0 bridgehead atoms. The molecule has 0 spiro atoms. The minimum absolute atomic E-state index is 0.109. The first-order chi connectivity index (χ1) is 39.0. The van der Waals surface area contributed by atoms with E-state index in [1.165, 1.54) is 70.6 Å². The molecule has 0 aromatic rings. The van der Waals surface area contributed by atoms with Crippen LogP contribution in [-0.4, -0.2) is 37.2 Å². The molecule has 79 heavy (non-hydrogen) atoms. The Morgan fingerprint density at radius 1 is 0.266 bits per heavy atom. The fraction of sp³-hybridized carbons (Fsp3) is 0.603. The number of rotatable bonds is 56. The van der Waals surface area contributed by atoms with E-state index in [-0.39, 0.29) is 37.5 Å². The van der Waals surface area contributed by atoms with Gasteiger partial charge < -0.3 is 14.2 Å². The Labute approximate surface area is 486 Å². The van der Waals surface area contributed by atoms with E-state index < -0.39 is 6.10 Å². The zero-order chi connectivity index (χ0) is 57.1. The van der Waals surface area contributed by atoms with Crippen LogP contribution in [0.2, 0.25) is 0 Å². The number of carbonyl (C=O) groups is 3. The zero-order valence-electron chi connectivity index (χ0n) is 50.8. The van der Waals surface area contributed by atoms with Crippen LogP contribution in [0.25, 0.3) is 0 Å². The van der Waals surface area contributed by atoms with Crippen molar-refractivity contribution in [2.45, 2.75) is 271 Å². The largest absolute Gasteiger partial charge is 0.462 e. The maximum atomic E-state index is 12.9. The van der Waals surface area contributed by atoms with E-state index in [1.807, 2.05) is 0 Å². The number of hydrogen-bond acceptors (Lipinski definition) is 6. The molecule has 0 aliphatic rings. The highest BCUT2D eigenvalue weighted by molar-refractivity contribution is 5.71. The van der Waals surface area contributed by atoms with E-state index >= 15 is 0 Å². The summed E-state index contributed by atoms with van der Waals surface area (Å²) >= 11 is 0. The van der Waals surface area contributed by atoms with E-state index in [4.69, 9.17) is 14.2 Å². The number of carbonyl (C=O) groups excluding carboxylic acids is 3. The van der Waals surface area contributed by atoms with Gasteiger partial charge in [0, 0.05) is 19.3 Å². The first-order valence-corrected chi connectivity index (χ1v) is 32.0. The molecule has 0 saturated heterocycles. The van der Waals surface area contributed by atoms with Crippen LogP contribution in [-0.2, 0) is 28.6 Å². The zero-order valence-corrected chi connectivity index (χ0v) is 50.8. The van der Waals surface area contributed by atoms with E-state index in [0.717, 1.165) is 148 Å². The lowest BCUT2D eigenvalue weighted by Gasteiger charge is -2.18. The molecular weight excluding hydrogens is 973 g/mol. The van der Waals surface area contributed by atoms with Gasteiger partial charge in [0.2, 0.25) is 0 Å². The molecule has 6 heteroatoms. The third kappa shape index (κ3) is 63.7. The Balaban J connectivity index is 4.55. The lowest BCUT2D eigenvalue weighted by molar-refractivity contribution is -0.167. The standard InChI is InChI=1S/C73H116O6/c1-4-7-10-13-16-19-22-25-28-31-34-36-39-42-45-48-51-54-57-60-63-66-72(75)78-69-70(68-77-71(74)65-62-59-56-53-50-47-44-41-38-33-30-27-24-21-18-15-12-9-6-3)79-73(76)67-64-61-58-55-52-49-46-43-40-37-35-32-29-26-23-20-17-14-11-8-5-2/h7-8,10-11,16-21,25-30,34-37,42-43,45-46,51,54,70H,4-6,9,12-15,22-24,31-33,38-41,44,47-50,52-53,55-69H2,1-3H3/b10-7-,11-8-,19-16-,20-17-,21-18-,28-25-,29-26-,30-27-,36-34-,37-35-,45-42-,46-43-,54-51-. The Bertz CT molecular complexity index is 1780. The van der Waals surface area contributed by atoms with Crippen LogP contribution >= 0.6 is 0 Å². The molecular formula is C73H116O6. The number of ether oxygens (including phenoxy) is 3. The summed E-state index contributed by atoms with van der Waals surface area (Å²) in [6.45, 7) is 6.33. The van der Waals surface area contributed by atoms with E-state index in [0.29, 0.717) is 19.3 Å². The highest BCUT2D eigenvalue weighted by Crippen LogP contribution is 2.14. The van der Waals surface area contributed by atoms with Crippen molar-refractivity contribution in [2.24, 2.45) is 0 Å². The van der Waals surface area contributed by atoms with Crippen LogP contribution in [0.3, 0.4) is 0 Å². The smallest absolute Gasteiger partial charge is 0.306 e. The quantitative estimate of drug-likeness (QED) is 0.0261. The van der Waals surface area contributed by atoms with E-state index in [9.17, 15) is 14.4 Å². The average Bonchev–Trinajstić information content (AvgIpc) is 3.45. The van der Waals surface area contributed by atoms with Gasteiger partial charge in [0.05, 0.1) is 0 Å². The Hall–Kier alpha value is -4.97. The molecule has 1 atom stereocenters. The van der Waals surface area contributed by atoms with Gasteiger partial charge in [-0.3, -0.25) is 14.4 Å². The molecule has 0 fully saturated rings. The topological polar surface area (TPSA) is 78.9 Å².